The number of hydrogen-bond acceptors (Lipinski definition) is 6. The zero-order chi connectivity index (χ0) is 19.8. The van der Waals surface area contributed by atoms with Crippen molar-refractivity contribution in [2.24, 2.45) is 0 Å². The summed E-state index contributed by atoms with van der Waals surface area (Å²) in [5.41, 5.74) is 3.21. The summed E-state index contributed by atoms with van der Waals surface area (Å²) in [5.74, 6) is 2.38. The van der Waals surface area contributed by atoms with Crippen LogP contribution in [0.4, 0.5) is 0 Å². The van der Waals surface area contributed by atoms with E-state index in [1.807, 2.05) is 23.1 Å². The maximum atomic E-state index is 12.5. The Morgan fingerprint density at radius 3 is 2.69 bits per heavy atom. The quantitative estimate of drug-likeness (QED) is 0.662. The average molecular weight is 391 g/mol. The maximum Gasteiger partial charge on any atom is 0.232 e. The highest BCUT2D eigenvalue weighted by Crippen LogP contribution is 2.36. The molecule has 29 heavy (non-hydrogen) atoms. The van der Waals surface area contributed by atoms with Crippen molar-refractivity contribution in [1.82, 2.24) is 15.0 Å². The molecule has 0 aliphatic carbocycles. The van der Waals surface area contributed by atoms with Crippen LogP contribution in [0.25, 0.3) is 11.4 Å². The van der Waals surface area contributed by atoms with E-state index in [4.69, 9.17) is 14.0 Å². The first kappa shape index (κ1) is 17.7. The lowest BCUT2D eigenvalue weighted by Crippen LogP contribution is -2.24. The molecule has 0 bridgehead atoms. The fraction of sp³-hybridized carbons (Fsp3) is 0.318. The number of fused-ring (bicyclic) bond motifs is 1. The minimum absolute atomic E-state index is 0.0901. The Morgan fingerprint density at radius 1 is 1.07 bits per heavy atom. The third-order valence-corrected chi connectivity index (χ3v) is 5.44. The second-order valence-electron chi connectivity index (χ2n) is 7.37. The van der Waals surface area contributed by atoms with Gasteiger partial charge in [-0.25, -0.2) is 0 Å². The van der Waals surface area contributed by atoms with Gasteiger partial charge in [-0.3, -0.25) is 4.79 Å². The highest BCUT2D eigenvalue weighted by Gasteiger charge is 2.34. The van der Waals surface area contributed by atoms with E-state index in [2.05, 4.69) is 41.3 Å². The lowest BCUT2D eigenvalue weighted by Gasteiger charge is -2.16. The SMILES string of the molecule is CCc1ccc(CN2CC(c3nc(-c4ccc5c(c4)OCO5)no3)CC2=O)cc1. The highest BCUT2D eigenvalue weighted by atomic mass is 16.7. The first-order valence-corrected chi connectivity index (χ1v) is 9.79. The molecule has 7 nitrogen and oxygen atoms in total. The van der Waals surface area contributed by atoms with Crippen molar-refractivity contribution >= 4 is 5.91 Å². The summed E-state index contributed by atoms with van der Waals surface area (Å²) < 4.78 is 16.2. The Bertz CT molecular complexity index is 1040. The fourth-order valence-electron chi connectivity index (χ4n) is 3.75. The van der Waals surface area contributed by atoms with Crippen molar-refractivity contribution in [3.05, 3.63) is 59.5 Å². The third kappa shape index (κ3) is 3.44. The minimum atomic E-state index is -0.0901. The standard InChI is InChI=1S/C22H21N3O4/c1-2-14-3-5-15(6-4-14)11-25-12-17(10-20(25)26)22-23-21(24-29-22)16-7-8-18-19(9-16)28-13-27-18/h3-9,17H,2,10-13H2,1H3. The van der Waals surface area contributed by atoms with Gasteiger partial charge in [-0.2, -0.15) is 4.98 Å². The van der Waals surface area contributed by atoms with Gasteiger partial charge in [0.1, 0.15) is 0 Å². The summed E-state index contributed by atoms with van der Waals surface area (Å²) in [6.45, 7) is 3.53. The van der Waals surface area contributed by atoms with E-state index in [1.165, 1.54) is 5.56 Å². The van der Waals surface area contributed by atoms with Crippen LogP contribution in [0.1, 0.15) is 36.3 Å². The van der Waals surface area contributed by atoms with E-state index >= 15 is 0 Å². The number of ether oxygens (including phenoxy) is 2. The molecule has 2 aromatic carbocycles. The van der Waals surface area contributed by atoms with Gasteiger partial charge in [0.25, 0.3) is 0 Å². The fourth-order valence-corrected chi connectivity index (χ4v) is 3.75. The smallest absolute Gasteiger partial charge is 0.232 e. The Labute approximate surface area is 168 Å². The van der Waals surface area contributed by atoms with Gasteiger partial charge in [-0.15, -0.1) is 0 Å². The zero-order valence-electron chi connectivity index (χ0n) is 16.1. The molecule has 1 saturated heterocycles. The van der Waals surface area contributed by atoms with Crippen molar-refractivity contribution in [1.29, 1.82) is 0 Å². The van der Waals surface area contributed by atoms with E-state index < -0.39 is 0 Å². The van der Waals surface area contributed by atoms with E-state index in [1.54, 1.807) is 0 Å². The largest absolute Gasteiger partial charge is 0.454 e. The molecule has 3 aromatic rings. The normalized spacial score (nSPS) is 17.9. The molecule has 0 N–H and O–H groups in total. The van der Waals surface area contributed by atoms with Gasteiger partial charge in [-0.05, 0) is 35.7 Å². The van der Waals surface area contributed by atoms with Crippen molar-refractivity contribution in [2.45, 2.75) is 32.2 Å². The molecule has 1 atom stereocenters. The Balaban J connectivity index is 1.29. The summed E-state index contributed by atoms with van der Waals surface area (Å²) in [4.78, 5) is 18.9. The molecule has 1 unspecified atom stereocenters. The number of nitrogens with zero attached hydrogens (tertiary/aromatic N) is 3. The number of likely N-dealkylation sites (tertiary alicyclic amines) is 1. The van der Waals surface area contributed by atoms with E-state index in [-0.39, 0.29) is 18.6 Å². The topological polar surface area (TPSA) is 77.7 Å². The van der Waals surface area contributed by atoms with Crippen LogP contribution in [-0.2, 0) is 17.8 Å². The molecule has 5 rings (SSSR count). The molecule has 1 aromatic heterocycles. The van der Waals surface area contributed by atoms with Crippen LogP contribution >= 0.6 is 0 Å². The molecule has 3 heterocycles. The second-order valence-corrected chi connectivity index (χ2v) is 7.37. The predicted molar refractivity (Wildman–Crippen MR) is 104 cm³/mol. The first-order valence-electron chi connectivity index (χ1n) is 9.79. The molecule has 1 amide bonds. The summed E-state index contributed by atoms with van der Waals surface area (Å²) >= 11 is 0. The molecular weight excluding hydrogens is 370 g/mol. The molecule has 148 valence electrons. The molecule has 0 saturated carbocycles. The molecular formula is C22H21N3O4. The van der Waals surface area contributed by atoms with Gasteiger partial charge >= 0.3 is 0 Å². The second kappa shape index (κ2) is 7.24. The number of amides is 1. The minimum Gasteiger partial charge on any atom is -0.454 e. The van der Waals surface area contributed by atoms with Crippen LogP contribution in [0, 0.1) is 0 Å². The monoisotopic (exact) mass is 391 g/mol. The molecule has 2 aliphatic heterocycles. The summed E-state index contributed by atoms with van der Waals surface area (Å²) in [6.07, 6.45) is 1.39. The van der Waals surface area contributed by atoms with Gasteiger partial charge in [-0.1, -0.05) is 36.3 Å². The number of carbonyl (C=O) groups is 1. The van der Waals surface area contributed by atoms with Gasteiger partial charge in [0.05, 0.1) is 5.92 Å². The van der Waals surface area contributed by atoms with Crippen molar-refractivity contribution in [3.63, 3.8) is 0 Å². The summed E-state index contributed by atoms with van der Waals surface area (Å²) in [7, 11) is 0. The van der Waals surface area contributed by atoms with Crippen LogP contribution in [0.3, 0.4) is 0 Å². The number of aromatic nitrogens is 2. The lowest BCUT2D eigenvalue weighted by atomic mass is 10.1. The van der Waals surface area contributed by atoms with E-state index in [0.29, 0.717) is 42.7 Å². The summed E-state index contributed by atoms with van der Waals surface area (Å²) in [6, 6.07) is 13.9. The van der Waals surface area contributed by atoms with Crippen molar-refractivity contribution in [2.75, 3.05) is 13.3 Å². The highest BCUT2D eigenvalue weighted by molar-refractivity contribution is 5.79. The summed E-state index contributed by atoms with van der Waals surface area (Å²) in [5, 5.41) is 4.10. The van der Waals surface area contributed by atoms with Gasteiger partial charge in [0.15, 0.2) is 11.5 Å². The number of hydrogen-bond donors (Lipinski definition) is 0. The first-order chi connectivity index (χ1) is 14.2. The van der Waals surface area contributed by atoms with E-state index in [0.717, 1.165) is 17.5 Å². The van der Waals surface area contributed by atoms with Crippen LogP contribution in [0.15, 0.2) is 47.0 Å². The Kier molecular flexibility index (Phi) is 4.42. The van der Waals surface area contributed by atoms with Crippen LogP contribution < -0.4 is 9.47 Å². The molecule has 1 fully saturated rings. The van der Waals surface area contributed by atoms with E-state index in [9.17, 15) is 4.79 Å². The number of benzene rings is 2. The predicted octanol–water partition coefficient (Wildman–Crippen LogP) is 3.54. The molecule has 0 radical (unpaired) electrons. The molecule has 7 heteroatoms. The Morgan fingerprint density at radius 2 is 1.86 bits per heavy atom. The number of carbonyl (C=O) groups excluding carboxylic acids is 1. The average Bonchev–Trinajstić information content (AvgIpc) is 3.48. The van der Waals surface area contributed by atoms with Gasteiger partial charge < -0.3 is 18.9 Å². The number of aryl methyl sites for hydroxylation is 1. The zero-order valence-corrected chi connectivity index (χ0v) is 16.1. The molecule has 2 aliphatic rings. The van der Waals surface area contributed by atoms with Crippen LogP contribution in [0.5, 0.6) is 11.5 Å². The van der Waals surface area contributed by atoms with Crippen LogP contribution in [-0.4, -0.2) is 34.3 Å². The Hall–Kier alpha value is -3.35. The number of rotatable bonds is 5. The van der Waals surface area contributed by atoms with Crippen molar-refractivity contribution < 1.29 is 18.8 Å². The van der Waals surface area contributed by atoms with Gasteiger partial charge in [0.2, 0.25) is 24.4 Å². The third-order valence-electron chi connectivity index (χ3n) is 5.44. The van der Waals surface area contributed by atoms with Gasteiger partial charge in [0, 0.05) is 25.1 Å². The maximum absolute atomic E-state index is 12.5. The van der Waals surface area contributed by atoms with Crippen LogP contribution in [0.2, 0.25) is 0 Å². The lowest BCUT2D eigenvalue weighted by molar-refractivity contribution is -0.128. The molecule has 0 spiro atoms. The van der Waals surface area contributed by atoms with Crippen molar-refractivity contribution in [3.8, 4) is 22.9 Å².